The Balaban J connectivity index is 2.03. The monoisotopic (exact) mass is 155 g/mol. The molecule has 2 heteroatoms. The minimum atomic E-state index is 0.118. The second-order valence-corrected chi connectivity index (χ2v) is 4.32. The molecule has 2 rings (SSSR count). The van der Waals surface area contributed by atoms with E-state index in [0.29, 0.717) is 12.1 Å². The molecule has 0 radical (unpaired) electrons. The largest absolute Gasteiger partial charge is 0.371 e. The summed E-state index contributed by atoms with van der Waals surface area (Å²) in [6, 6.07) is 0.638. The number of hydrogen-bond acceptors (Lipinski definition) is 2. The van der Waals surface area contributed by atoms with Crippen LogP contribution in [0.5, 0.6) is 0 Å². The second-order valence-electron chi connectivity index (χ2n) is 4.32. The number of ether oxygens (including phenoxy) is 1. The topological polar surface area (TPSA) is 21.3 Å². The summed E-state index contributed by atoms with van der Waals surface area (Å²) in [5.74, 6) is 0. The maximum atomic E-state index is 5.89. The Morgan fingerprint density at radius 3 is 3.00 bits per heavy atom. The van der Waals surface area contributed by atoms with E-state index in [9.17, 15) is 0 Å². The fourth-order valence-corrected chi connectivity index (χ4v) is 2.26. The molecular formula is C9H17NO. The lowest BCUT2D eigenvalue weighted by Crippen LogP contribution is -2.41. The average Bonchev–Trinajstić information content (AvgIpc) is 2.21. The number of fused-ring (bicyclic) bond motifs is 1. The quantitative estimate of drug-likeness (QED) is 0.569. The summed E-state index contributed by atoms with van der Waals surface area (Å²) < 4.78 is 5.89. The van der Waals surface area contributed by atoms with Gasteiger partial charge in [-0.1, -0.05) is 0 Å². The van der Waals surface area contributed by atoms with Crippen LogP contribution in [0.2, 0.25) is 0 Å². The highest BCUT2D eigenvalue weighted by Crippen LogP contribution is 2.33. The van der Waals surface area contributed by atoms with Crippen molar-refractivity contribution in [2.75, 3.05) is 6.54 Å². The maximum Gasteiger partial charge on any atom is 0.0736 e. The summed E-state index contributed by atoms with van der Waals surface area (Å²) in [5, 5.41) is 3.51. The van der Waals surface area contributed by atoms with E-state index in [1.165, 1.54) is 25.8 Å². The summed E-state index contributed by atoms with van der Waals surface area (Å²) in [6.45, 7) is 5.56. The Morgan fingerprint density at radius 1 is 1.45 bits per heavy atom. The lowest BCUT2D eigenvalue weighted by Gasteiger charge is -2.25. The molecule has 0 aromatic heterocycles. The third kappa shape index (κ3) is 1.42. The molecule has 0 aromatic rings. The van der Waals surface area contributed by atoms with E-state index in [1.54, 1.807) is 0 Å². The summed E-state index contributed by atoms with van der Waals surface area (Å²) in [7, 11) is 0. The van der Waals surface area contributed by atoms with E-state index in [2.05, 4.69) is 19.2 Å². The molecule has 2 nitrogen and oxygen atoms in total. The van der Waals surface area contributed by atoms with Crippen LogP contribution in [0.15, 0.2) is 0 Å². The Kier molecular flexibility index (Phi) is 1.69. The fourth-order valence-electron chi connectivity index (χ4n) is 2.26. The molecule has 2 aliphatic rings. The zero-order valence-electron chi connectivity index (χ0n) is 7.39. The highest BCUT2D eigenvalue weighted by Gasteiger charge is 2.40. The van der Waals surface area contributed by atoms with Crippen molar-refractivity contribution >= 4 is 0 Å². The van der Waals surface area contributed by atoms with E-state index >= 15 is 0 Å². The molecule has 2 saturated heterocycles. The molecule has 2 aliphatic heterocycles. The van der Waals surface area contributed by atoms with Gasteiger partial charge in [-0.05, 0) is 39.7 Å². The van der Waals surface area contributed by atoms with Crippen molar-refractivity contribution in [3.05, 3.63) is 0 Å². The van der Waals surface area contributed by atoms with Crippen molar-refractivity contribution < 1.29 is 4.74 Å². The first-order chi connectivity index (χ1) is 5.17. The summed E-state index contributed by atoms with van der Waals surface area (Å²) in [5.41, 5.74) is 0.118. The van der Waals surface area contributed by atoms with Gasteiger partial charge in [0.1, 0.15) is 0 Å². The minimum Gasteiger partial charge on any atom is -0.371 e. The fraction of sp³-hybridized carbons (Fsp3) is 1.00. The zero-order chi connectivity index (χ0) is 7.90. The SMILES string of the molecule is CC1(C)CC2NCCCC2O1. The lowest BCUT2D eigenvalue weighted by molar-refractivity contribution is -0.0259. The van der Waals surface area contributed by atoms with Gasteiger partial charge in [-0.3, -0.25) is 0 Å². The Bertz CT molecular complexity index is 140. The van der Waals surface area contributed by atoms with Gasteiger partial charge in [-0.25, -0.2) is 0 Å². The third-order valence-electron chi connectivity index (χ3n) is 2.70. The van der Waals surface area contributed by atoms with Crippen LogP contribution < -0.4 is 5.32 Å². The molecule has 11 heavy (non-hydrogen) atoms. The maximum absolute atomic E-state index is 5.89. The van der Waals surface area contributed by atoms with Gasteiger partial charge in [0.25, 0.3) is 0 Å². The van der Waals surface area contributed by atoms with Gasteiger partial charge >= 0.3 is 0 Å². The summed E-state index contributed by atoms with van der Waals surface area (Å²) in [4.78, 5) is 0. The Labute approximate surface area is 68.3 Å². The van der Waals surface area contributed by atoms with Crippen molar-refractivity contribution in [2.24, 2.45) is 0 Å². The van der Waals surface area contributed by atoms with Crippen LogP contribution in [-0.2, 0) is 4.74 Å². The zero-order valence-corrected chi connectivity index (χ0v) is 7.39. The van der Waals surface area contributed by atoms with Crippen molar-refractivity contribution in [3.8, 4) is 0 Å². The number of nitrogens with one attached hydrogen (secondary N) is 1. The molecule has 0 aromatic carbocycles. The second kappa shape index (κ2) is 2.46. The van der Waals surface area contributed by atoms with Crippen LogP contribution in [0.4, 0.5) is 0 Å². The first-order valence-corrected chi connectivity index (χ1v) is 4.59. The van der Waals surface area contributed by atoms with Crippen molar-refractivity contribution in [3.63, 3.8) is 0 Å². The predicted octanol–water partition coefficient (Wildman–Crippen LogP) is 1.31. The van der Waals surface area contributed by atoms with Crippen LogP contribution in [0, 0.1) is 0 Å². The smallest absolute Gasteiger partial charge is 0.0736 e. The molecule has 1 N–H and O–H groups in total. The lowest BCUT2D eigenvalue weighted by atomic mass is 9.96. The van der Waals surface area contributed by atoms with Crippen molar-refractivity contribution in [2.45, 2.75) is 50.9 Å². The van der Waals surface area contributed by atoms with E-state index in [4.69, 9.17) is 4.74 Å². The van der Waals surface area contributed by atoms with Gasteiger partial charge in [0.15, 0.2) is 0 Å². The third-order valence-corrected chi connectivity index (χ3v) is 2.70. The molecule has 2 heterocycles. The first kappa shape index (κ1) is 7.56. The molecule has 2 atom stereocenters. The Hall–Kier alpha value is -0.0800. The first-order valence-electron chi connectivity index (χ1n) is 4.59. The van der Waals surface area contributed by atoms with Crippen LogP contribution in [0.3, 0.4) is 0 Å². The van der Waals surface area contributed by atoms with E-state index < -0.39 is 0 Å². The molecule has 0 spiro atoms. The van der Waals surface area contributed by atoms with Gasteiger partial charge in [0.2, 0.25) is 0 Å². The molecule has 0 amide bonds. The van der Waals surface area contributed by atoms with Gasteiger partial charge in [0.05, 0.1) is 11.7 Å². The highest BCUT2D eigenvalue weighted by atomic mass is 16.5. The van der Waals surface area contributed by atoms with Crippen LogP contribution in [0.25, 0.3) is 0 Å². The van der Waals surface area contributed by atoms with Gasteiger partial charge in [-0.15, -0.1) is 0 Å². The van der Waals surface area contributed by atoms with Gasteiger partial charge < -0.3 is 10.1 Å². The van der Waals surface area contributed by atoms with Gasteiger partial charge in [0, 0.05) is 6.04 Å². The average molecular weight is 155 g/mol. The van der Waals surface area contributed by atoms with E-state index in [1.807, 2.05) is 0 Å². The molecule has 0 saturated carbocycles. The van der Waals surface area contributed by atoms with Gasteiger partial charge in [-0.2, -0.15) is 0 Å². The van der Waals surface area contributed by atoms with E-state index in [0.717, 1.165) is 0 Å². The molecule has 2 unspecified atom stereocenters. The highest BCUT2D eigenvalue weighted by molar-refractivity contribution is 4.94. The molecule has 0 aliphatic carbocycles. The van der Waals surface area contributed by atoms with E-state index in [-0.39, 0.29) is 5.60 Å². The molecular weight excluding hydrogens is 138 g/mol. The molecule has 2 fully saturated rings. The normalized spacial score (nSPS) is 42.0. The molecule has 0 bridgehead atoms. The minimum absolute atomic E-state index is 0.118. The van der Waals surface area contributed by atoms with Crippen LogP contribution in [0.1, 0.15) is 33.1 Å². The van der Waals surface area contributed by atoms with Crippen molar-refractivity contribution in [1.82, 2.24) is 5.32 Å². The number of piperidine rings is 1. The predicted molar refractivity (Wildman–Crippen MR) is 44.6 cm³/mol. The van der Waals surface area contributed by atoms with Crippen LogP contribution in [-0.4, -0.2) is 24.3 Å². The number of rotatable bonds is 0. The Morgan fingerprint density at radius 2 is 2.27 bits per heavy atom. The van der Waals surface area contributed by atoms with Crippen molar-refractivity contribution in [1.29, 1.82) is 0 Å². The van der Waals surface area contributed by atoms with Crippen LogP contribution >= 0.6 is 0 Å². The summed E-state index contributed by atoms with van der Waals surface area (Å²) in [6.07, 6.45) is 4.20. The molecule has 64 valence electrons. The standard InChI is InChI=1S/C9H17NO/c1-9(2)6-7-8(11-9)4-3-5-10-7/h7-8,10H,3-6H2,1-2H3. The number of hydrogen-bond donors (Lipinski definition) is 1. The summed E-state index contributed by atoms with van der Waals surface area (Å²) >= 11 is 0.